The topological polar surface area (TPSA) is 116 Å². The summed E-state index contributed by atoms with van der Waals surface area (Å²) in [7, 11) is -3.69. The Kier molecular flexibility index (Phi) is 6.70. The zero-order valence-electron chi connectivity index (χ0n) is 20.1. The lowest BCUT2D eigenvalue weighted by Crippen LogP contribution is -2.42. The number of urea groups is 1. The zero-order chi connectivity index (χ0) is 25.4. The molecule has 2 heterocycles. The van der Waals surface area contributed by atoms with Gasteiger partial charge in [0.15, 0.2) is 0 Å². The van der Waals surface area contributed by atoms with Crippen LogP contribution in [0, 0.1) is 13.8 Å². The van der Waals surface area contributed by atoms with Crippen molar-refractivity contribution in [3.63, 3.8) is 0 Å². The maximum absolute atomic E-state index is 13.1. The number of amides is 4. The van der Waals surface area contributed by atoms with Crippen molar-refractivity contribution in [2.24, 2.45) is 0 Å². The summed E-state index contributed by atoms with van der Waals surface area (Å²) in [6, 6.07) is 11.2. The van der Waals surface area contributed by atoms with Gasteiger partial charge in [-0.1, -0.05) is 42.3 Å². The van der Waals surface area contributed by atoms with Crippen LogP contribution in [0.1, 0.15) is 42.9 Å². The summed E-state index contributed by atoms with van der Waals surface area (Å²) in [6.45, 7) is 5.70. The van der Waals surface area contributed by atoms with E-state index in [1.54, 1.807) is 38.1 Å². The van der Waals surface area contributed by atoms with Crippen LogP contribution in [0.15, 0.2) is 47.4 Å². The molecule has 2 saturated heterocycles. The lowest BCUT2D eigenvalue weighted by atomic mass is 9.91. The van der Waals surface area contributed by atoms with Crippen LogP contribution in [0.2, 0.25) is 0 Å². The molecule has 0 saturated carbocycles. The van der Waals surface area contributed by atoms with Crippen LogP contribution in [0.25, 0.3) is 0 Å². The molecule has 0 radical (unpaired) electrons. The molecule has 2 aliphatic heterocycles. The van der Waals surface area contributed by atoms with Gasteiger partial charge in [0.25, 0.3) is 5.91 Å². The van der Waals surface area contributed by atoms with Gasteiger partial charge >= 0.3 is 6.03 Å². The number of nitrogens with zero attached hydrogens (tertiary/aromatic N) is 2. The van der Waals surface area contributed by atoms with Crippen molar-refractivity contribution in [3.8, 4) is 0 Å². The third kappa shape index (κ3) is 4.81. The molecule has 2 N–H and O–H groups in total. The van der Waals surface area contributed by atoms with Gasteiger partial charge in [-0.25, -0.2) is 13.2 Å². The van der Waals surface area contributed by atoms with E-state index < -0.39 is 40.0 Å². The van der Waals surface area contributed by atoms with Crippen LogP contribution in [0.5, 0.6) is 0 Å². The number of imide groups is 1. The van der Waals surface area contributed by atoms with Gasteiger partial charge in [0.05, 0.1) is 4.90 Å². The molecule has 2 aromatic carbocycles. The van der Waals surface area contributed by atoms with E-state index >= 15 is 0 Å². The lowest BCUT2D eigenvalue weighted by molar-refractivity contribution is -0.133. The molecule has 0 aliphatic carbocycles. The van der Waals surface area contributed by atoms with E-state index in [0.717, 1.165) is 29.7 Å². The third-order valence-corrected chi connectivity index (χ3v) is 8.65. The number of hydrogen-bond acceptors (Lipinski definition) is 5. The normalized spacial score (nSPS) is 21.2. The van der Waals surface area contributed by atoms with Gasteiger partial charge in [-0.3, -0.25) is 14.5 Å². The first-order valence-electron chi connectivity index (χ1n) is 11.6. The van der Waals surface area contributed by atoms with Gasteiger partial charge in [0, 0.05) is 18.8 Å². The average Bonchev–Trinajstić information content (AvgIpc) is 3.05. The summed E-state index contributed by atoms with van der Waals surface area (Å²) in [5, 5.41) is 5.31. The smallest absolute Gasteiger partial charge is 0.324 e. The molecule has 1 atom stereocenters. The highest BCUT2D eigenvalue weighted by atomic mass is 32.2. The second-order valence-electron chi connectivity index (χ2n) is 9.31. The van der Waals surface area contributed by atoms with Gasteiger partial charge in [-0.05, 0) is 56.9 Å². The molecular weight excluding hydrogens is 468 g/mol. The quantitative estimate of drug-likeness (QED) is 0.594. The summed E-state index contributed by atoms with van der Waals surface area (Å²) >= 11 is 0. The number of rotatable bonds is 6. The summed E-state index contributed by atoms with van der Waals surface area (Å²) in [4.78, 5) is 39.4. The number of nitrogens with one attached hydrogen (secondary N) is 2. The van der Waals surface area contributed by atoms with Crippen LogP contribution in [-0.4, -0.2) is 55.1 Å². The molecule has 0 spiro atoms. The summed E-state index contributed by atoms with van der Waals surface area (Å²) in [5.74, 6) is -1.13. The SMILES string of the molecule is Cc1ccc(C2(C)NC(=O)N(CC(=O)Nc3ccc(C)c(S(=O)(=O)N4CCCCC4)c3)C2=O)cc1. The fourth-order valence-electron chi connectivity index (χ4n) is 4.47. The van der Waals surface area contributed by atoms with Crippen molar-refractivity contribution < 1.29 is 22.8 Å². The van der Waals surface area contributed by atoms with Crippen molar-refractivity contribution in [1.29, 1.82) is 0 Å². The molecule has 4 amide bonds. The first-order valence-corrected chi connectivity index (χ1v) is 13.1. The molecule has 2 aromatic rings. The molecule has 10 heteroatoms. The standard InChI is InChI=1S/C25H30N4O5S/c1-17-7-10-19(11-8-17)25(3)23(31)29(24(32)27-25)16-22(30)26-20-12-9-18(2)21(15-20)35(33,34)28-13-5-4-6-14-28/h7-12,15H,4-6,13-14,16H2,1-3H3,(H,26,30)(H,27,32). The van der Waals surface area contributed by atoms with Crippen LogP contribution < -0.4 is 10.6 Å². The number of benzene rings is 2. The molecule has 4 rings (SSSR count). The Hall–Kier alpha value is -3.24. The van der Waals surface area contributed by atoms with E-state index in [0.29, 0.717) is 24.2 Å². The van der Waals surface area contributed by atoms with Crippen molar-refractivity contribution in [2.75, 3.05) is 25.0 Å². The highest BCUT2D eigenvalue weighted by Gasteiger charge is 2.49. The van der Waals surface area contributed by atoms with E-state index in [1.807, 2.05) is 19.1 Å². The molecular formula is C25H30N4O5S. The summed E-state index contributed by atoms with van der Waals surface area (Å²) in [6.07, 6.45) is 2.65. The Morgan fingerprint density at radius 3 is 2.34 bits per heavy atom. The van der Waals surface area contributed by atoms with E-state index in [1.165, 1.54) is 10.4 Å². The molecule has 2 aliphatic rings. The number of piperidine rings is 1. The minimum absolute atomic E-state index is 0.138. The molecule has 2 fully saturated rings. The highest BCUT2D eigenvalue weighted by molar-refractivity contribution is 7.89. The molecule has 9 nitrogen and oxygen atoms in total. The third-order valence-electron chi connectivity index (χ3n) is 6.61. The van der Waals surface area contributed by atoms with Crippen LogP contribution >= 0.6 is 0 Å². The van der Waals surface area contributed by atoms with E-state index in [-0.39, 0.29) is 10.6 Å². The van der Waals surface area contributed by atoms with Crippen LogP contribution in [-0.2, 0) is 25.2 Å². The molecule has 0 bridgehead atoms. The van der Waals surface area contributed by atoms with Gasteiger partial charge in [0.2, 0.25) is 15.9 Å². The minimum atomic E-state index is -3.69. The lowest BCUT2D eigenvalue weighted by Gasteiger charge is -2.26. The van der Waals surface area contributed by atoms with Crippen molar-refractivity contribution in [2.45, 2.75) is 50.5 Å². The first kappa shape index (κ1) is 24.9. The van der Waals surface area contributed by atoms with Crippen LogP contribution in [0.3, 0.4) is 0 Å². The predicted octanol–water partition coefficient (Wildman–Crippen LogP) is 2.88. The Bertz CT molecular complexity index is 1270. The molecule has 35 heavy (non-hydrogen) atoms. The number of carbonyl (C=O) groups excluding carboxylic acids is 3. The molecule has 186 valence electrons. The van der Waals surface area contributed by atoms with E-state index in [9.17, 15) is 22.8 Å². The largest absolute Gasteiger partial charge is 0.325 e. The van der Waals surface area contributed by atoms with Crippen molar-refractivity contribution in [1.82, 2.24) is 14.5 Å². The van der Waals surface area contributed by atoms with Gasteiger partial charge in [-0.2, -0.15) is 4.31 Å². The van der Waals surface area contributed by atoms with Crippen LogP contribution in [0.4, 0.5) is 10.5 Å². The predicted molar refractivity (Wildman–Crippen MR) is 131 cm³/mol. The molecule has 0 aromatic heterocycles. The van der Waals surface area contributed by atoms with E-state index in [2.05, 4.69) is 10.6 Å². The fraction of sp³-hybridized carbons (Fsp3) is 0.400. The number of anilines is 1. The Morgan fingerprint density at radius 2 is 1.69 bits per heavy atom. The van der Waals surface area contributed by atoms with Gasteiger partial charge < -0.3 is 10.6 Å². The highest BCUT2D eigenvalue weighted by Crippen LogP contribution is 2.29. The monoisotopic (exact) mass is 498 g/mol. The second kappa shape index (κ2) is 9.43. The zero-order valence-corrected chi connectivity index (χ0v) is 20.9. The number of aryl methyl sites for hydroxylation is 2. The Labute approximate surface area is 205 Å². The maximum atomic E-state index is 13.1. The van der Waals surface area contributed by atoms with Gasteiger partial charge in [-0.15, -0.1) is 0 Å². The second-order valence-corrected chi connectivity index (χ2v) is 11.2. The summed E-state index contributed by atoms with van der Waals surface area (Å²) < 4.78 is 27.8. The van der Waals surface area contributed by atoms with E-state index in [4.69, 9.17) is 0 Å². The molecule has 1 unspecified atom stereocenters. The summed E-state index contributed by atoms with van der Waals surface area (Å²) in [5.41, 5.74) is 1.23. The maximum Gasteiger partial charge on any atom is 0.325 e. The average molecular weight is 499 g/mol. The fourth-order valence-corrected chi connectivity index (χ4v) is 6.24. The Morgan fingerprint density at radius 1 is 1.03 bits per heavy atom. The number of hydrogen-bond donors (Lipinski definition) is 2. The number of carbonyl (C=O) groups is 3. The van der Waals surface area contributed by atoms with Crippen molar-refractivity contribution in [3.05, 3.63) is 59.2 Å². The minimum Gasteiger partial charge on any atom is -0.324 e. The number of sulfonamides is 1. The Balaban J connectivity index is 1.49. The van der Waals surface area contributed by atoms with Crippen molar-refractivity contribution >= 4 is 33.6 Å². The van der Waals surface area contributed by atoms with Gasteiger partial charge in [0.1, 0.15) is 12.1 Å². The first-order chi connectivity index (χ1) is 16.5.